The summed E-state index contributed by atoms with van der Waals surface area (Å²) in [6.45, 7) is 5.84. The van der Waals surface area contributed by atoms with E-state index in [1.165, 1.54) is 0 Å². The Morgan fingerprint density at radius 3 is 2.85 bits per heavy atom. The van der Waals surface area contributed by atoms with Crippen molar-refractivity contribution in [1.82, 2.24) is 15.2 Å². The van der Waals surface area contributed by atoms with E-state index >= 15 is 0 Å². The molecular weight excluding hydrogens is 321 g/mol. The van der Waals surface area contributed by atoms with E-state index in [2.05, 4.69) is 10.3 Å². The Morgan fingerprint density at radius 1 is 1.60 bits per heavy atom. The van der Waals surface area contributed by atoms with Crippen molar-refractivity contribution >= 4 is 42.1 Å². The van der Waals surface area contributed by atoms with E-state index in [-0.39, 0.29) is 42.9 Å². The number of rotatable bonds is 3. The van der Waals surface area contributed by atoms with E-state index in [9.17, 15) is 4.79 Å². The zero-order valence-corrected chi connectivity index (χ0v) is 14.2. The molecule has 1 aliphatic heterocycles. The quantitative estimate of drug-likeness (QED) is 0.907. The molecule has 116 valence electrons. The normalized spacial score (nSPS) is 21.6. The second-order valence-electron chi connectivity index (χ2n) is 4.56. The predicted octanol–water partition coefficient (Wildman–Crippen LogP) is 1.63. The van der Waals surface area contributed by atoms with Gasteiger partial charge in [0, 0.05) is 19.0 Å². The molecule has 1 saturated heterocycles. The minimum Gasteiger partial charge on any atom is -0.375 e. The summed E-state index contributed by atoms with van der Waals surface area (Å²) in [5, 5.41) is 6.23. The number of hydrogen-bond acceptors (Lipinski definition) is 5. The van der Waals surface area contributed by atoms with Crippen molar-refractivity contribution in [2.45, 2.75) is 32.5 Å². The number of carbonyl (C=O) groups is 1. The van der Waals surface area contributed by atoms with Crippen LogP contribution in [0.4, 0.5) is 0 Å². The number of ether oxygens (including phenoxy) is 1. The van der Waals surface area contributed by atoms with Gasteiger partial charge in [-0.1, -0.05) is 0 Å². The lowest BCUT2D eigenvalue weighted by Gasteiger charge is -2.32. The third-order valence-corrected chi connectivity index (χ3v) is 3.85. The van der Waals surface area contributed by atoms with Crippen LogP contribution in [-0.4, -0.2) is 48.1 Å². The summed E-state index contributed by atoms with van der Waals surface area (Å²) in [6, 6.07) is -0.247. The molecule has 0 aromatic carbocycles. The van der Waals surface area contributed by atoms with E-state index in [4.69, 9.17) is 4.74 Å². The molecule has 0 aliphatic carbocycles. The van der Waals surface area contributed by atoms with Crippen LogP contribution in [0.25, 0.3) is 0 Å². The first kappa shape index (κ1) is 19.6. The van der Waals surface area contributed by atoms with Gasteiger partial charge in [-0.2, -0.15) is 0 Å². The molecular formula is C12H21Cl2N3O2S. The lowest BCUT2D eigenvalue weighted by molar-refractivity contribution is -0.138. The fraction of sp³-hybridized carbons (Fsp3) is 0.667. The van der Waals surface area contributed by atoms with Gasteiger partial charge < -0.3 is 15.0 Å². The van der Waals surface area contributed by atoms with E-state index in [1.54, 1.807) is 23.3 Å². The molecule has 1 aliphatic rings. The van der Waals surface area contributed by atoms with Crippen molar-refractivity contribution in [3.8, 4) is 0 Å². The highest BCUT2D eigenvalue weighted by molar-refractivity contribution is 7.09. The number of halogens is 2. The van der Waals surface area contributed by atoms with Gasteiger partial charge in [0.15, 0.2) is 0 Å². The van der Waals surface area contributed by atoms with E-state index < -0.39 is 0 Å². The Balaban J connectivity index is 0.00000180. The number of amides is 1. The maximum Gasteiger partial charge on any atom is 0.242 e. The number of hydrogen-bond donors (Lipinski definition) is 1. The molecule has 2 rings (SSSR count). The molecule has 8 heteroatoms. The van der Waals surface area contributed by atoms with Crippen LogP contribution in [-0.2, 0) is 16.1 Å². The van der Waals surface area contributed by atoms with E-state index in [1.807, 2.05) is 19.2 Å². The SMILES string of the molecule is Cc1nc(CN(C)C(=O)[C@H]2NCCO[C@@H]2C)cs1.Cl.Cl. The first-order valence-electron chi connectivity index (χ1n) is 6.09. The predicted molar refractivity (Wildman–Crippen MR) is 85.0 cm³/mol. The van der Waals surface area contributed by atoms with Crippen LogP contribution in [0.5, 0.6) is 0 Å². The third kappa shape index (κ3) is 4.86. The molecule has 1 fully saturated rings. The molecule has 0 bridgehead atoms. The molecule has 1 N–H and O–H groups in total. The number of thiazole rings is 1. The topological polar surface area (TPSA) is 54.5 Å². The van der Waals surface area contributed by atoms with Gasteiger partial charge in [0.2, 0.25) is 5.91 Å². The Hall–Kier alpha value is -0.400. The van der Waals surface area contributed by atoms with Crippen LogP contribution in [0.15, 0.2) is 5.38 Å². The summed E-state index contributed by atoms with van der Waals surface area (Å²) >= 11 is 1.60. The van der Waals surface area contributed by atoms with Crippen LogP contribution in [0.1, 0.15) is 17.6 Å². The fourth-order valence-corrected chi connectivity index (χ4v) is 2.65. The minimum atomic E-state index is -0.247. The minimum absolute atomic E-state index is 0. The average Bonchev–Trinajstić information content (AvgIpc) is 2.74. The molecule has 2 atom stereocenters. The highest BCUT2D eigenvalue weighted by atomic mass is 35.5. The summed E-state index contributed by atoms with van der Waals surface area (Å²) in [4.78, 5) is 18.4. The molecule has 0 radical (unpaired) electrons. The zero-order valence-electron chi connectivity index (χ0n) is 11.8. The number of carbonyl (C=O) groups excluding carboxylic acids is 1. The number of likely N-dealkylation sites (N-methyl/N-ethyl adjacent to an activating group) is 1. The number of aromatic nitrogens is 1. The van der Waals surface area contributed by atoms with Gasteiger partial charge in [0.1, 0.15) is 6.04 Å². The van der Waals surface area contributed by atoms with Crippen molar-refractivity contribution in [3.63, 3.8) is 0 Å². The Kier molecular flexibility index (Phi) is 8.62. The van der Waals surface area contributed by atoms with Gasteiger partial charge in [-0.05, 0) is 13.8 Å². The summed E-state index contributed by atoms with van der Waals surface area (Å²) in [5.74, 6) is 0.0628. The first-order valence-corrected chi connectivity index (χ1v) is 6.97. The van der Waals surface area contributed by atoms with Gasteiger partial charge in [0.25, 0.3) is 0 Å². The second kappa shape index (κ2) is 8.79. The maximum absolute atomic E-state index is 12.3. The molecule has 1 aromatic heterocycles. The molecule has 1 aromatic rings. The van der Waals surface area contributed by atoms with Crippen molar-refractivity contribution in [3.05, 3.63) is 16.1 Å². The zero-order chi connectivity index (χ0) is 13.1. The molecule has 0 spiro atoms. The van der Waals surface area contributed by atoms with Crippen LogP contribution in [0.3, 0.4) is 0 Å². The van der Waals surface area contributed by atoms with Crippen LogP contribution in [0.2, 0.25) is 0 Å². The summed E-state index contributed by atoms with van der Waals surface area (Å²) < 4.78 is 5.49. The van der Waals surface area contributed by atoms with Crippen molar-refractivity contribution in [2.75, 3.05) is 20.2 Å². The molecule has 2 heterocycles. The maximum atomic E-state index is 12.3. The van der Waals surface area contributed by atoms with Crippen LogP contribution in [0, 0.1) is 6.92 Å². The molecule has 0 unspecified atom stereocenters. The fourth-order valence-electron chi connectivity index (χ4n) is 2.05. The Bertz CT molecular complexity index is 431. The standard InChI is InChI=1S/C12H19N3O2S.2ClH/c1-8-11(13-4-5-17-8)12(16)15(3)6-10-7-18-9(2)14-10;;/h7-8,11,13H,4-6H2,1-3H3;2*1H/t8-,11+;;/m1../s1. The second-order valence-corrected chi connectivity index (χ2v) is 5.62. The lowest BCUT2D eigenvalue weighted by atomic mass is 10.1. The van der Waals surface area contributed by atoms with E-state index in [0.717, 1.165) is 17.2 Å². The van der Waals surface area contributed by atoms with Gasteiger partial charge in [-0.25, -0.2) is 4.98 Å². The van der Waals surface area contributed by atoms with Crippen molar-refractivity contribution in [1.29, 1.82) is 0 Å². The lowest BCUT2D eigenvalue weighted by Crippen LogP contribution is -2.55. The molecule has 1 amide bonds. The highest BCUT2D eigenvalue weighted by Crippen LogP contribution is 2.12. The van der Waals surface area contributed by atoms with Crippen molar-refractivity contribution in [2.24, 2.45) is 0 Å². The highest BCUT2D eigenvalue weighted by Gasteiger charge is 2.30. The number of nitrogens with one attached hydrogen (secondary N) is 1. The number of nitrogens with zero attached hydrogens (tertiary/aromatic N) is 2. The van der Waals surface area contributed by atoms with Gasteiger partial charge >= 0.3 is 0 Å². The van der Waals surface area contributed by atoms with Crippen LogP contribution < -0.4 is 5.32 Å². The smallest absolute Gasteiger partial charge is 0.242 e. The van der Waals surface area contributed by atoms with Crippen LogP contribution >= 0.6 is 36.2 Å². The van der Waals surface area contributed by atoms with Crippen molar-refractivity contribution < 1.29 is 9.53 Å². The molecule has 20 heavy (non-hydrogen) atoms. The monoisotopic (exact) mass is 341 g/mol. The number of morpholine rings is 1. The Labute approximate surface area is 135 Å². The van der Waals surface area contributed by atoms with E-state index in [0.29, 0.717) is 13.2 Å². The van der Waals surface area contributed by atoms with Gasteiger partial charge in [0.05, 0.1) is 30.0 Å². The average molecular weight is 342 g/mol. The summed E-state index contributed by atoms with van der Waals surface area (Å²) in [7, 11) is 1.81. The first-order chi connectivity index (χ1) is 8.58. The molecule has 0 saturated carbocycles. The largest absolute Gasteiger partial charge is 0.375 e. The van der Waals surface area contributed by atoms with Gasteiger partial charge in [-0.3, -0.25) is 4.79 Å². The number of aryl methyl sites for hydroxylation is 1. The summed E-state index contributed by atoms with van der Waals surface area (Å²) in [5.41, 5.74) is 0.942. The summed E-state index contributed by atoms with van der Waals surface area (Å²) in [6.07, 6.45) is -0.0779. The van der Waals surface area contributed by atoms with Gasteiger partial charge in [-0.15, -0.1) is 36.2 Å². The molecule has 5 nitrogen and oxygen atoms in total. The Morgan fingerprint density at radius 2 is 2.30 bits per heavy atom. The third-order valence-electron chi connectivity index (χ3n) is 3.02.